The molecule has 1 heterocycles. The van der Waals surface area contributed by atoms with Gasteiger partial charge in [0.15, 0.2) is 0 Å². The molecule has 1 fully saturated rings. The second-order valence-corrected chi connectivity index (χ2v) is 12.2. The van der Waals surface area contributed by atoms with Gasteiger partial charge in [0.05, 0.1) is 4.91 Å². The number of allylic oxidation sites excluding steroid dienone is 1. The normalized spacial score (nSPS) is 15.9. The van der Waals surface area contributed by atoms with E-state index in [0.29, 0.717) is 19.0 Å². The van der Waals surface area contributed by atoms with Gasteiger partial charge in [-0.15, -0.1) is 0 Å². The summed E-state index contributed by atoms with van der Waals surface area (Å²) < 4.78 is 27.4. The van der Waals surface area contributed by atoms with Gasteiger partial charge in [-0.3, -0.25) is 0 Å². The van der Waals surface area contributed by atoms with Gasteiger partial charge in [-0.1, -0.05) is 75.4 Å². The molecule has 1 aliphatic rings. The number of piperidine rings is 1. The minimum Gasteiger partial charge on any atom is -0.324 e. The zero-order valence-corrected chi connectivity index (χ0v) is 21.7. The van der Waals surface area contributed by atoms with Crippen LogP contribution in [0.15, 0.2) is 59.5 Å². The van der Waals surface area contributed by atoms with E-state index < -0.39 is 16.1 Å². The predicted octanol–water partition coefficient (Wildman–Crippen LogP) is 6.12. The maximum absolute atomic E-state index is 12.6. The molecule has 0 unspecified atom stereocenters. The van der Waals surface area contributed by atoms with Crippen LogP contribution in [0.3, 0.4) is 0 Å². The molecule has 34 heavy (non-hydrogen) atoms. The first-order chi connectivity index (χ1) is 16.0. The van der Waals surface area contributed by atoms with Crippen LogP contribution in [0.2, 0.25) is 0 Å². The third-order valence-electron chi connectivity index (χ3n) is 6.61. The molecule has 0 bridgehead atoms. The second-order valence-electron chi connectivity index (χ2n) is 10.3. The second kappa shape index (κ2) is 11.2. The van der Waals surface area contributed by atoms with E-state index in [1.165, 1.54) is 18.1 Å². The number of sulfonamides is 1. The molecule has 0 aliphatic carbocycles. The van der Waals surface area contributed by atoms with E-state index in [4.69, 9.17) is 0 Å². The Labute approximate surface area is 205 Å². The molecule has 6 heteroatoms. The van der Waals surface area contributed by atoms with Gasteiger partial charge in [-0.2, -0.15) is 0 Å². The average molecular weight is 483 g/mol. The van der Waals surface area contributed by atoms with Crippen molar-refractivity contribution in [3.63, 3.8) is 0 Å². The fraction of sp³-hybridized carbons (Fsp3) is 0.464. The number of rotatable bonds is 7. The number of likely N-dealkylation sites (tertiary alicyclic amines) is 1. The lowest BCUT2D eigenvalue weighted by atomic mass is 9.86. The third kappa shape index (κ3) is 7.45. The summed E-state index contributed by atoms with van der Waals surface area (Å²) >= 11 is 0. The number of benzene rings is 2. The highest BCUT2D eigenvalue weighted by Gasteiger charge is 2.26. The minimum absolute atomic E-state index is 0.123. The Hall–Kier alpha value is -2.60. The molecule has 1 N–H and O–H groups in total. The smallest absolute Gasteiger partial charge is 0.324 e. The number of nitrogens with one attached hydrogen (secondary N) is 1. The van der Waals surface area contributed by atoms with E-state index >= 15 is 0 Å². The fourth-order valence-corrected chi connectivity index (χ4v) is 5.12. The molecular formula is C28H38N2O3S. The van der Waals surface area contributed by atoms with E-state index in [1.54, 1.807) is 11.0 Å². The number of aryl methyl sites for hydroxylation is 1. The first-order valence-electron chi connectivity index (χ1n) is 12.2. The average Bonchev–Trinajstić information content (AvgIpc) is 2.79. The monoisotopic (exact) mass is 482 g/mol. The van der Waals surface area contributed by atoms with Crippen LogP contribution in [0.1, 0.15) is 70.1 Å². The molecule has 1 saturated heterocycles. The zero-order chi connectivity index (χ0) is 24.8. The highest BCUT2D eigenvalue weighted by molar-refractivity contribution is 7.94. The summed E-state index contributed by atoms with van der Waals surface area (Å²) in [6, 6.07) is 17.6. The summed E-state index contributed by atoms with van der Waals surface area (Å²) in [5.74, 6) is 0.578. The number of nitrogens with zero attached hydrogens (tertiary/aromatic N) is 1. The number of hydrogen-bond acceptors (Lipinski definition) is 3. The van der Waals surface area contributed by atoms with Crippen molar-refractivity contribution < 1.29 is 13.2 Å². The molecule has 0 aromatic heterocycles. The van der Waals surface area contributed by atoms with E-state index in [0.717, 1.165) is 37.7 Å². The van der Waals surface area contributed by atoms with Crippen LogP contribution in [0.4, 0.5) is 4.79 Å². The molecule has 5 nitrogen and oxygen atoms in total. The number of carbonyl (C=O) groups is 1. The number of hydrogen-bond donors (Lipinski definition) is 1. The Morgan fingerprint density at radius 2 is 1.65 bits per heavy atom. The fourth-order valence-electron chi connectivity index (χ4n) is 4.31. The summed E-state index contributed by atoms with van der Waals surface area (Å²) in [5.41, 5.74) is 3.68. The maximum atomic E-state index is 12.6. The Balaban J connectivity index is 1.42. The van der Waals surface area contributed by atoms with Gasteiger partial charge < -0.3 is 4.90 Å². The summed E-state index contributed by atoms with van der Waals surface area (Å²) in [7, 11) is -3.86. The quantitative estimate of drug-likeness (QED) is 0.517. The molecule has 0 spiro atoms. The molecule has 2 aromatic carbocycles. The lowest BCUT2D eigenvalue weighted by Gasteiger charge is -2.32. The SMILES string of the molecule is CC(=Cc1ccccc1)S(=O)(=O)NC(=O)N1CCC(CCCc2ccc(C(C)(C)C)cc2)CC1. The molecule has 0 saturated carbocycles. The van der Waals surface area contributed by atoms with Gasteiger partial charge in [0, 0.05) is 13.1 Å². The highest BCUT2D eigenvalue weighted by Crippen LogP contribution is 2.25. The molecular weight excluding hydrogens is 444 g/mol. The van der Waals surface area contributed by atoms with E-state index in [9.17, 15) is 13.2 Å². The lowest BCUT2D eigenvalue weighted by molar-refractivity contribution is 0.172. The number of carbonyl (C=O) groups excluding carboxylic acids is 1. The van der Waals surface area contributed by atoms with Crippen molar-refractivity contribution in [3.8, 4) is 0 Å². The first-order valence-corrected chi connectivity index (χ1v) is 13.7. The Kier molecular flexibility index (Phi) is 8.58. The van der Waals surface area contributed by atoms with Crippen molar-refractivity contribution >= 4 is 22.1 Å². The lowest BCUT2D eigenvalue weighted by Crippen LogP contribution is -2.46. The summed E-state index contributed by atoms with van der Waals surface area (Å²) in [4.78, 5) is 14.3. The first kappa shape index (κ1) is 26.0. The Morgan fingerprint density at radius 1 is 1.03 bits per heavy atom. The van der Waals surface area contributed by atoms with Crippen LogP contribution in [-0.2, 0) is 21.9 Å². The molecule has 184 valence electrons. The van der Waals surface area contributed by atoms with Crippen molar-refractivity contribution in [1.82, 2.24) is 9.62 Å². The van der Waals surface area contributed by atoms with Gasteiger partial charge >= 0.3 is 6.03 Å². The van der Waals surface area contributed by atoms with E-state index in [2.05, 4.69) is 49.8 Å². The molecule has 2 amide bonds. The highest BCUT2D eigenvalue weighted by atomic mass is 32.2. The molecule has 2 aromatic rings. The standard InChI is InChI=1S/C28H38N2O3S/c1-22(21-25-9-6-5-7-10-25)34(32,33)29-27(31)30-19-17-24(18-20-30)12-8-11-23-13-15-26(16-14-23)28(2,3)4/h5-7,9-10,13-16,21,24H,8,11-12,17-20H2,1-4H3,(H,29,31). The van der Waals surface area contributed by atoms with Crippen LogP contribution in [-0.4, -0.2) is 32.4 Å². The number of amides is 2. The molecule has 0 radical (unpaired) electrons. The zero-order valence-electron chi connectivity index (χ0n) is 20.9. The van der Waals surface area contributed by atoms with E-state index in [1.807, 2.05) is 30.3 Å². The molecule has 3 rings (SSSR count). The van der Waals surface area contributed by atoms with Crippen LogP contribution in [0, 0.1) is 5.92 Å². The van der Waals surface area contributed by atoms with Crippen LogP contribution in [0.5, 0.6) is 0 Å². The third-order valence-corrected chi connectivity index (χ3v) is 8.02. The van der Waals surface area contributed by atoms with Gasteiger partial charge in [-0.05, 0) is 73.1 Å². The Bertz CT molecular complexity index is 1080. The van der Waals surface area contributed by atoms with Crippen molar-refractivity contribution in [2.45, 2.75) is 65.2 Å². The van der Waals surface area contributed by atoms with Gasteiger partial charge in [0.2, 0.25) is 0 Å². The summed E-state index contributed by atoms with van der Waals surface area (Å²) in [6.07, 6.45) is 6.72. The van der Waals surface area contributed by atoms with Crippen molar-refractivity contribution in [2.75, 3.05) is 13.1 Å². The molecule has 1 aliphatic heterocycles. The summed E-state index contributed by atoms with van der Waals surface area (Å²) in [6.45, 7) is 9.37. The maximum Gasteiger partial charge on any atom is 0.331 e. The predicted molar refractivity (Wildman–Crippen MR) is 140 cm³/mol. The van der Waals surface area contributed by atoms with Gasteiger partial charge in [0.1, 0.15) is 0 Å². The van der Waals surface area contributed by atoms with Crippen LogP contribution in [0.25, 0.3) is 6.08 Å². The van der Waals surface area contributed by atoms with Gasteiger partial charge in [0.25, 0.3) is 10.0 Å². The van der Waals surface area contributed by atoms with Crippen molar-refractivity contribution in [3.05, 3.63) is 76.2 Å². The van der Waals surface area contributed by atoms with Crippen molar-refractivity contribution in [2.24, 2.45) is 5.92 Å². The van der Waals surface area contributed by atoms with Gasteiger partial charge in [-0.25, -0.2) is 17.9 Å². The van der Waals surface area contributed by atoms with Crippen molar-refractivity contribution in [1.29, 1.82) is 0 Å². The summed E-state index contributed by atoms with van der Waals surface area (Å²) in [5, 5.41) is 0. The van der Waals surface area contributed by atoms with Crippen LogP contribution >= 0.6 is 0 Å². The minimum atomic E-state index is -3.86. The Morgan fingerprint density at radius 3 is 2.24 bits per heavy atom. The largest absolute Gasteiger partial charge is 0.331 e. The van der Waals surface area contributed by atoms with E-state index in [-0.39, 0.29) is 10.3 Å². The number of urea groups is 1. The van der Waals surface area contributed by atoms with Crippen LogP contribution < -0.4 is 4.72 Å². The molecule has 0 atom stereocenters. The topological polar surface area (TPSA) is 66.5 Å².